The fourth-order valence-electron chi connectivity index (χ4n) is 3.48. The van der Waals surface area contributed by atoms with Crippen molar-refractivity contribution in [2.75, 3.05) is 5.32 Å². The van der Waals surface area contributed by atoms with Crippen molar-refractivity contribution in [1.29, 1.82) is 0 Å². The van der Waals surface area contributed by atoms with Gasteiger partial charge in [-0.1, -0.05) is 23.8 Å². The SMILES string of the molecule is Cc1ccc(C)c(CNc2ncnc3c2ncn3[C@@H]2O[C@H](C(=O)O)[C@@H](N)[C@H]2O)c1. The van der Waals surface area contributed by atoms with E-state index in [-0.39, 0.29) is 0 Å². The lowest BCUT2D eigenvalue weighted by atomic mass is 10.1. The highest BCUT2D eigenvalue weighted by Gasteiger charge is 2.46. The number of aromatic nitrogens is 4. The van der Waals surface area contributed by atoms with Crippen LogP contribution in [0.5, 0.6) is 0 Å². The summed E-state index contributed by atoms with van der Waals surface area (Å²) in [7, 11) is 0. The molecule has 152 valence electrons. The molecule has 1 aliphatic heterocycles. The molecule has 1 aliphatic rings. The topological polar surface area (TPSA) is 148 Å². The number of carboxylic acid groups (broad SMARTS) is 1. The van der Waals surface area contributed by atoms with Gasteiger partial charge >= 0.3 is 5.97 Å². The van der Waals surface area contributed by atoms with E-state index in [0.717, 1.165) is 11.1 Å². The first-order chi connectivity index (χ1) is 13.9. The second-order valence-corrected chi connectivity index (χ2v) is 7.18. The molecule has 3 aromatic rings. The minimum atomic E-state index is -1.31. The van der Waals surface area contributed by atoms with E-state index in [2.05, 4.69) is 38.5 Å². The summed E-state index contributed by atoms with van der Waals surface area (Å²) >= 11 is 0. The number of rotatable bonds is 5. The van der Waals surface area contributed by atoms with Crippen molar-refractivity contribution in [1.82, 2.24) is 19.5 Å². The van der Waals surface area contributed by atoms with Gasteiger partial charge in [0.15, 0.2) is 29.3 Å². The number of carboxylic acids is 1. The molecule has 0 spiro atoms. The molecule has 1 fully saturated rings. The molecule has 2 aromatic heterocycles. The molecular weight excluding hydrogens is 376 g/mol. The number of imidazole rings is 1. The largest absolute Gasteiger partial charge is 0.479 e. The maximum atomic E-state index is 11.3. The highest BCUT2D eigenvalue weighted by Crippen LogP contribution is 2.31. The van der Waals surface area contributed by atoms with Gasteiger partial charge in [-0.15, -0.1) is 0 Å². The van der Waals surface area contributed by atoms with Gasteiger partial charge in [-0.25, -0.2) is 19.7 Å². The van der Waals surface area contributed by atoms with Gasteiger partial charge in [0.2, 0.25) is 0 Å². The normalized spacial score (nSPS) is 24.1. The van der Waals surface area contributed by atoms with E-state index in [1.165, 1.54) is 22.8 Å². The number of nitrogens with zero attached hydrogens (tertiary/aromatic N) is 4. The van der Waals surface area contributed by atoms with Crippen molar-refractivity contribution in [2.24, 2.45) is 5.73 Å². The summed E-state index contributed by atoms with van der Waals surface area (Å²) < 4.78 is 6.95. The maximum Gasteiger partial charge on any atom is 0.334 e. The highest BCUT2D eigenvalue weighted by molar-refractivity contribution is 5.82. The lowest BCUT2D eigenvalue weighted by molar-refractivity contribution is -0.152. The monoisotopic (exact) mass is 398 g/mol. The minimum Gasteiger partial charge on any atom is -0.479 e. The standard InChI is InChI=1S/C19H22N6O4/c1-9-3-4-10(2)11(5-9)6-21-16-13-17(23-7-22-16)25(8-24-13)18-14(26)12(20)15(29-18)19(27)28/h3-5,7-8,12,14-15,18,26H,6,20H2,1-2H3,(H,27,28)(H,21,22,23)/t12-,14+,15-,18+/m0/s1. The maximum absolute atomic E-state index is 11.3. The third-order valence-corrected chi connectivity index (χ3v) is 5.15. The average molecular weight is 398 g/mol. The summed E-state index contributed by atoms with van der Waals surface area (Å²) in [5, 5.41) is 22.9. The van der Waals surface area contributed by atoms with Gasteiger partial charge in [-0.2, -0.15) is 0 Å². The number of fused-ring (bicyclic) bond motifs is 1. The molecule has 29 heavy (non-hydrogen) atoms. The van der Waals surface area contributed by atoms with Crippen molar-refractivity contribution in [3.8, 4) is 0 Å². The molecule has 3 heterocycles. The summed E-state index contributed by atoms with van der Waals surface area (Å²) in [6, 6.07) is 5.18. The molecule has 10 nitrogen and oxygen atoms in total. The van der Waals surface area contributed by atoms with Crippen molar-refractivity contribution in [3.63, 3.8) is 0 Å². The van der Waals surface area contributed by atoms with E-state index < -0.39 is 30.4 Å². The quantitative estimate of drug-likeness (QED) is 0.488. The number of nitrogens with two attached hydrogens (primary N) is 1. The van der Waals surface area contributed by atoms with E-state index in [4.69, 9.17) is 10.5 Å². The zero-order chi connectivity index (χ0) is 20.7. The van der Waals surface area contributed by atoms with Crippen molar-refractivity contribution in [2.45, 2.75) is 44.9 Å². The molecule has 1 saturated heterocycles. The third kappa shape index (κ3) is 3.41. The van der Waals surface area contributed by atoms with Gasteiger partial charge in [-0.05, 0) is 25.0 Å². The van der Waals surface area contributed by atoms with Gasteiger partial charge in [0.1, 0.15) is 12.4 Å². The first kappa shape index (κ1) is 19.2. The fourth-order valence-corrected chi connectivity index (χ4v) is 3.48. The smallest absolute Gasteiger partial charge is 0.334 e. The Hall–Kier alpha value is -3.08. The minimum absolute atomic E-state index is 0.408. The molecule has 4 rings (SSSR count). The molecule has 1 aromatic carbocycles. The first-order valence-electron chi connectivity index (χ1n) is 9.16. The molecule has 0 unspecified atom stereocenters. The molecule has 10 heteroatoms. The van der Waals surface area contributed by atoms with Gasteiger partial charge in [0.25, 0.3) is 0 Å². The van der Waals surface area contributed by atoms with E-state index in [1.54, 1.807) is 0 Å². The van der Waals surface area contributed by atoms with E-state index in [1.807, 2.05) is 13.8 Å². The summed E-state index contributed by atoms with van der Waals surface area (Å²) in [5.41, 5.74) is 10.2. The number of aliphatic hydroxyl groups is 1. The zero-order valence-electron chi connectivity index (χ0n) is 16.0. The van der Waals surface area contributed by atoms with Gasteiger partial charge < -0.3 is 26.0 Å². The van der Waals surface area contributed by atoms with Crippen LogP contribution in [0.25, 0.3) is 11.2 Å². The number of ether oxygens (including phenoxy) is 1. The molecule has 5 N–H and O–H groups in total. The molecule has 0 saturated carbocycles. The number of carbonyl (C=O) groups is 1. The first-order valence-corrected chi connectivity index (χ1v) is 9.16. The average Bonchev–Trinajstić information content (AvgIpc) is 3.24. The van der Waals surface area contributed by atoms with Crippen molar-refractivity contribution >= 4 is 23.0 Å². The molecule has 4 atom stereocenters. The Balaban J connectivity index is 1.62. The second kappa shape index (κ2) is 7.39. The molecule has 0 bridgehead atoms. The highest BCUT2D eigenvalue weighted by atomic mass is 16.6. The Morgan fingerprint density at radius 3 is 2.83 bits per heavy atom. The number of aliphatic carboxylic acids is 1. The Bertz CT molecular complexity index is 1070. The lowest BCUT2D eigenvalue weighted by Gasteiger charge is -2.16. The van der Waals surface area contributed by atoms with Crippen LogP contribution in [0.4, 0.5) is 5.82 Å². The van der Waals surface area contributed by atoms with Crippen LogP contribution >= 0.6 is 0 Å². The van der Waals surface area contributed by atoms with Crippen LogP contribution in [0.1, 0.15) is 22.9 Å². The Labute approximate surface area is 166 Å². The molecule has 0 amide bonds. The summed E-state index contributed by atoms with van der Waals surface area (Å²) in [6.45, 7) is 4.64. The lowest BCUT2D eigenvalue weighted by Crippen LogP contribution is -2.43. The third-order valence-electron chi connectivity index (χ3n) is 5.15. The van der Waals surface area contributed by atoms with Crippen LogP contribution in [-0.4, -0.2) is 54.0 Å². The Morgan fingerprint density at radius 1 is 1.31 bits per heavy atom. The fraction of sp³-hybridized carbons (Fsp3) is 0.368. The van der Waals surface area contributed by atoms with Gasteiger partial charge in [-0.3, -0.25) is 4.57 Å². The predicted octanol–water partition coefficient (Wildman–Crippen LogP) is 0.725. The van der Waals surface area contributed by atoms with Crippen LogP contribution in [0.3, 0.4) is 0 Å². The van der Waals surface area contributed by atoms with Crippen molar-refractivity contribution in [3.05, 3.63) is 47.5 Å². The van der Waals surface area contributed by atoms with Gasteiger partial charge in [0, 0.05) is 6.54 Å². The Morgan fingerprint density at radius 2 is 2.10 bits per heavy atom. The second-order valence-electron chi connectivity index (χ2n) is 7.18. The number of benzene rings is 1. The van der Waals surface area contributed by atoms with E-state index >= 15 is 0 Å². The number of nitrogens with one attached hydrogen (secondary N) is 1. The zero-order valence-corrected chi connectivity index (χ0v) is 16.0. The molecule has 0 aliphatic carbocycles. The summed E-state index contributed by atoms with van der Waals surface area (Å²) in [4.78, 5) is 24.1. The van der Waals surface area contributed by atoms with E-state index in [9.17, 15) is 15.0 Å². The Kier molecular flexibility index (Phi) is 4.91. The van der Waals surface area contributed by atoms with Crippen LogP contribution in [0.2, 0.25) is 0 Å². The predicted molar refractivity (Wildman–Crippen MR) is 104 cm³/mol. The molecule has 0 radical (unpaired) electrons. The number of hydrogen-bond donors (Lipinski definition) is 4. The number of anilines is 1. The number of aryl methyl sites for hydroxylation is 2. The van der Waals surface area contributed by atoms with Crippen LogP contribution in [0, 0.1) is 13.8 Å². The van der Waals surface area contributed by atoms with E-state index in [0.29, 0.717) is 23.5 Å². The number of aliphatic hydroxyl groups excluding tert-OH is 1. The van der Waals surface area contributed by atoms with Crippen LogP contribution in [0.15, 0.2) is 30.9 Å². The summed E-state index contributed by atoms with van der Waals surface area (Å²) in [6.07, 6.45) is -0.710. The van der Waals surface area contributed by atoms with Crippen LogP contribution in [-0.2, 0) is 16.1 Å². The van der Waals surface area contributed by atoms with Gasteiger partial charge in [0.05, 0.1) is 12.4 Å². The van der Waals surface area contributed by atoms with Crippen LogP contribution < -0.4 is 11.1 Å². The molecular formula is C19H22N6O4. The number of hydrogen-bond acceptors (Lipinski definition) is 8. The van der Waals surface area contributed by atoms with Crippen molar-refractivity contribution < 1.29 is 19.7 Å². The summed E-state index contributed by atoms with van der Waals surface area (Å²) in [5.74, 6) is -0.699.